The standard InChI is InChI=1S/C18H25N3O3/c22-8-7-21-13-14(1-4-20-5-2-19-3-6-20)15-11-17-18(12-16(15)21)24-10-9-23-17/h11-13,19,22H,1-10H2. The molecule has 130 valence electrons. The Morgan fingerprint density at radius 2 is 1.79 bits per heavy atom. The van der Waals surface area contributed by atoms with Gasteiger partial charge < -0.3 is 29.4 Å². The Morgan fingerprint density at radius 3 is 2.54 bits per heavy atom. The zero-order chi connectivity index (χ0) is 16.4. The van der Waals surface area contributed by atoms with E-state index in [2.05, 4.69) is 27.0 Å². The van der Waals surface area contributed by atoms with E-state index >= 15 is 0 Å². The highest BCUT2D eigenvalue weighted by molar-refractivity contribution is 5.87. The van der Waals surface area contributed by atoms with Gasteiger partial charge >= 0.3 is 0 Å². The second-order valence-electron chi connectivity index (χ2n) is 6.43. The van der Waals surface area contributed by atoms with Crippen LogP contribution < -0.4 is 14.8 Å². The van der Waals surface area contributed by atoms with Gasteiger partial charge in [-0.3, -0.25) is 0 Å². The number of aliphatic hydroxyl groups is 1. The summed E-state index contributed by atoms with van der Waals surface area (Å²) in [4.78, 5) is 2.50. The normalized spacial score (nSPS) is 18.2. The van der Waals surface area contributed by atoms with Gasteiger partial charge in [0.2, 0.25) is 0 Å². The molecule has 0 amide bonds. The van der Waals surface area contributed by atoms with Crippen LogP contribution in [0, 0.1) is 0 Å². The Morgan fingerprint density at radius 1 is 1.04 bits per heavy atom. The second kappa shape index (κ2) is 7.01. The van der Waals surface area contributed by atoms with Gasteiger partial charge in [0.15, 0.2) is 11.5 Å². The van der Waals surface area contributed by atoms with Gasteiger partial charge in [0.1, 0.15) is 13.2 Å². The zero-order valence-electron chi connectivity index (χ0n) is 14.0. The van der Waals surface area contributed by atoms with E-state index in [1.165, 1.54) is 10.9 Å². The molecule has 0 unspecified atom stereocenters. The van der Waals surface area contributed by atoms with Gasteiger partial charge in [0, 0.05) is 56.9 Å². The lowest BCUT2D eigenvalue weighted by molar-refractivity contribution is 0.172. The van der Waals surface area contributed by atoms with Crippen molar-refractivity contribution >= 4 is 10.9 Å². The second-order valence-corrected chi connectivity index (χ2v) is 6.43. The van der Waals surface area contributed by atoms with Crippen molar-refractivity contribution in [2.24, 2.45) is 0 Å². The van der Waals surface area contributed by atoms with E-state index in [0.29, 0.717) is 19.8 Å². The SMILES string of the molecule is OCCn1cc(CCN2CCNCC2)c2cc3c(cc21)OCCO3. The van der Waals surface area contributed by atoms with E-state index in [9.17, 15) is 5.11 Å². The Bertz CT molecular complexity index is 707. The average Bonchev–Trinajstić information content (AvgIpc) is 2.96. The molecule has 1 saturated heterocycles. The zero-order valence-corrected chi connectivity index (χ0v) is 14.0. The third-order valence-corrected chi connectivity index (χ3v) is 4.88. The maximum Gasteiger partial charge on any atom is 0.163 e. The van der Waals surface area contributed by atoms with Crippen molar-refractivity contribution in [2.45, 2.75) is 13.0 Å². The number of nitrogens with one attached hydrogen (secondary N) is 1. The van der Waals surface area contributed by atoms with Crippen molar-refractivity contribution in [1.82, 2.24) is 14.8 Å². The minimum Gasteiger partial charge on any atom is -0.486 e. The molecule has 4 rings (SSSR count). The molecule has 2 aliphatic rings. The van der Waals surface area contributed by atoms with Crippen molar-refractivity contribution in [2.75, 3.05) is 52.5 Å². The highest BCUT2D eigenvalue weighted by atomic mass is 16.6. The molecule has 2 aromatic rings. The average molecular weight is 331 g/mol. The third-order valence-electron chi connectivity index (χ3n) is 4.88. The Balaban J connectivity index is 1.63. The van der Waals surface area contributed by atoms with Gasteiger partial charge in [-0.25, -0.2) is 0 Å². The maximum atomic E-state index is 9.37. The molecule has 1 aromatic heterocycles. The number of fused-ring (bicyclic) bond motifs is 2. The lowest BCUT2D eigenvalue weighted by Crippen LogP contribution is -2.44. The fraction of sp³-hybridized carbons (Fsp3) is 0.556. The van der Waals surface area contributed by atoms with Crippen molar-refractivity contribution < 1.29 is 14.6 Å². The van der Waals surface area contributed by atoms with Crippen LogP contribution in [0.15, 0.2) is 18.3 Å². The van der Waals surface area contributed by atoms with E-state index < -0.39 is 0 Å². The molecule has 6 nitrogen and oxygen atoms in total. The molecule has 0 saturated carbocycles. The number of aliphatic hydroxyl groups excluding tert-OH is 1. The van der Waals surface area contributed by atoms with Crippen LogP contribution in [0.2, 0.25) is 0 Å². The highest BCUT2D eigenvalue weighted by Gasteiger charge is 2.18. The summed E-state index contributed by atoms with van der Waals surface area (Å²) < 4.78 is 13.6. The number of hydrogen-bond acceptors (Lipinski definition) is 5. The van der Waals surface area contributed by atoms with E-state index in [1.807, 2.05) is 6.07 Å². The summed E-state index contributed by atoms with van der Waals surface area (Å²) in [7, 11) is 0. The van der Waals surface area contributed by atoms with Crippen LogP contribution in [0.5, 0.6) is 11.5 Å². The first-order valence-corrected chi connectivity index (χ1v) is 8.80. The maximum absolute atomic E-state index is 9.37. The number of piperazine rings is 1. The number of aromatic nitrogens is 1. The molecule has 2 aliphatic heterocycles. The first kappa shape index (κ1) is 15.7. The van der Waals surface area contributed by atoms with Crippen LogP contribution in [0.25, 0.3) is 10.9 Å². The quantitative estimate of drug-likeness (QED) is 0.851. The number of benzene rings is 1. The van der Waals surface area contributed by atoms with Crippen LogP contribution in [0.4, 0.5) is 0 Å². The van der Waals surface area contributed by atoms with Gasteiger partial charge in [-0.1, -0.05) is 0 Å². The summed E-state index contributed by atoms with van der Waals surface area (Å²) in [5, 5.41) is 14.0. The Hall–Kier alpha value is -1.76. The Labute approximate surface area is 142 Å². The summed E-state index contributed by atoms with van der Waals surface area (Å²) in [6.45, 7) is 7.37. The fourth-order valence-corrected chi connectivity index (χ4v) is 3.61. The predicted molar refractivity (Wildman–Crippen MR) is 93.0 cm³/mol. The monoisotopic (exact) mass is 331 g/mol. The fourth-order valence-electron chi connectivity index (χ4n) is 3.61. The largest absolute Gasteiger partial charge is 0.486 e. The topological polar surface area (TPSA) is 58.9 Å². The molecule has 0 aliphatic carbocycles. The molecular weight excluding hydrogens is 306 g/mol. The molecular formula is C18H25N3O3. The van der Waals surface area contributed by atoms with Crippen molar-refractivity contribution in [3.8, 4) is 11.5 Å². The molecule has 2 N–H and O–H groups in total. The van der Waals surface area contributed by atoms with Crippen LogP contribution in [0.3, 0.4) is 0 Å². The molecule has 6 heteroatoms. The van der Waals surface area contributed by atoms with Crippen LogP contribution in [0.1, 0.15) is 5.56 Å². The predicted octanol–water partition coefficient (Wildman–Crippen LogP) is 0.852. The van der Waals surface area contributed by atoms with E-state index in [1.54, 1.807) is 0 Å². The van der Waals surface area contributed by atoms with E-state index in [-0.39, 0.29) is 6.61 Å². The van der Waals surface area contributed by atoms with Gasteiger partial charge in [-0.05, 0) is 18.1 Å². The number of rotatable bonds is 5. The first-order chi connectivity index (χ1) is 11.8. The highest BCUT2D eigenvalue weighted by Crippen LogP contribution is 2.36. The minimum atomic E-state index is 0.134. The summed E-state index contributed by atoms with van der Waals surface area (Å²) >= 11 is 0. The van der Waals surface area contributed by atoms with Gasteiger partial charge in [-0.15, -0.1) is 0 Å². The summed E-state index contributed by atoms with van der Waals surface area (Å²) in [6.07, 6.45) is 3.18. The molecule has 3 heterocycles. The number of ether oxygens (including phenoxy) is 2. The lowest BCUT2D eigenvalue weighted by Gasteiger charge is -2.27. The molecule has 1 fully saturated rings. The summed E-state index contributed by atoms with van der Waals surface area (Å²) in [5.41, 5.74) is 2.43. The third kappa shape index (κ3) is 3.09. The lowest BCUT2D eigenvalue weighted by atomic mass is 10.1. The van der Waals surface area contributed by atoms with Crippen molar-refractivity contribution in [3.05, 3.63) is 23.9 Å². The van der Waals surface area contributed by atoms with E-state index in [4.69, 9.17) is 9.47 Å². The first-order valence-electron chi connectivity index (χ1n) is 8.80. The summed E-state index contributed by atoms with van der Waals surface area (Å²) in [6, 6.07) is 4.15. The van der Waals surface area contributed by atoms with Crippen molar-refractivity contribution in [3.63, 3.8) is 0 Å². The molecule has 1 aromatic carbocycles. The molecule has 24 heavy (non-hydrogen) atoms. The molecule has 0 atom stereocenters. The molecule has 0 bridgehead atoms. The number of hydrogen-bond donors (Lipinski definition) is 2. The van der Waals surface area contributed by atoms with Gasteiger partial charge in [0.25, 0.3) is 0 Å². The van der Waals surface area contributed by atoms with Crippen LogP contribution in [-0.4, -0.2) is 67.1 Å². The smallest absolute Gasteiger partial charge is 0.163 e. The Kier molecular flexibility index (Phi) is 4.60. The molecule has 0 radical (unpaired) electrons. The minimum absolute atomic E-state index is 0.134. The van der Waals surface area contributed by atoms with Gasteiger partial charge in [0.05, 0.1) is 12.1 Å². The molecule has 0 spiro atoms. The van der Waals surface area contributed by atoms with E-state index in [0.717, 1.165) is 56.2 Å². The summed E-state index contributed by atoms with van der Waals surface area (Å²) in [5.74, 6) is 1.64. The van der Waals surface area contributed by atoms with Crippen molar-refractivity contribution in [1.29, 1.82) is 0 Å². The van der Waals surface area contributed by atoms with Crippen LogP contribution in [-0.2, 0) is 13.0 Å². The van der Waals surface area contributed by atoms with Gasteiger partial charge in [-0.2, -0.15) is 0 Å². The number of nitrogens with zero attached hydrogens (tertiary/aromatic N) is 2. The van der Waals surface area contributed by atoms with Crippen LogP contribution >= 0.6 is 0 Å².